The van der Waals surface area contributed by atoms with E-state index >= 15 is 0 Å². The fraction of sp³-hybridized carbons (Fsp3) is 1.00. The Balaban J connectivity index is 1.95. The maximum absolute atomic E-state index is 4.72. The number of hydrogen-bond donors (Lipinski definition) is 0. The molecular weight excluding hydrogens is 92.1 g/mol. The fourth-order valence-electron chi connectivity index (χ4n) is 0.990. The average Bonchev–Trinajstić information content (AvgIpc) is 2.41. The van der Waals surface area contributed by atoms with E-state index in [4.69, 9.17) is 9.78 Å². The lowest BCUT2D eigenvalue weighted by Crippen LogP contribution is -2.09. The van der Waals surface area contributed by atoms with E-state index in [1.54, 1.807) is 0 Å². The second-order valence-corrected chi connectivity index (χ2v) is 2.32. The predicted octanol–water partition coefficient (Wildman–Crippen LogP) is 0.584. The second kappa shape index (κ2) is 1.20. The maximum Gasteiger partial charge on any atom is 0.0854 e. The molecule has 0 amide bonds. The van der Waals surface area contributed by atoms with Crippen LogP contribution in [0.4, 0.5) is 0 Å². The molecule has 40 valence electrons. The van der Waals surface area contributed by atoms with Crippen LogP contribution >= 0.6 is 0 Å². The van der Waals surface area contributed by atoms with Gasteiger partial charge in [-0.3, -0.25) is 0 Å². The average molecular weight is 100 g/mol. The van der Waals surface area contributed by atoms with Crippen LogP contribution in [0.2, 0.25) is 0 Å². The maximum atomic E-state index is 4.72. The van der Waals surface area contributed by atoms with Gasteiger partial charge in [-0.25, -0.2) is 9.78 Å². The molecule has 2 fully saturated rings. The van der Waals surface area contributed by atoms with Crippen molar-refractivity contribution in [3.05, 3.63) is 0 Å². The summed E-state index contributed by atoms with van der Waals surface area (Å²) in [5.74, 6) is 1.71. The third kappa shape index (κ3) is 0.545. The molecule has 1 aliphatic carbocycles. The highest BCUT2D eigenvalue weighted by atomic mass is 17.2. The Morgan fingerprint density at radius 2 is 1.57 bits per heavy atom. The summed E-state index contributed by atoms with van der Waals surface area (Å²) in [6.07, 6.45) is 1.33. The molecule has 0 radical (unpaired) electrons. The molecule has 2 rings (SSSR count). The van der Waals surface area contributed by atoms with Crippen molar-refractivity contribution in [2.45, 2.75) is 6.42 Å². The van der Waals surface area contributed by atoms with Gasteiger partial charge in [0.1, 0.15) is 0 Å². The molecule has 0 aromatic heterocycles. The summed E-state index contributed by atoms with van der Waals surface area (Å²) < 4.78 is 0. The molecule has 2 unspecified atom stereocenters. The van der Waals surface area contributed by atoms with Gasteiger partial charge in [0.05, 0.1) is 13.2 Å². The van der Waals surface area contributed by atoms with Gasteiger partial charge in [-0.2, -0.15) is 0 Å². The Kier molecular flexibility index (Phi) is 0.664. The van der Waals surface area contributed by atoms with Crippen LogP contribution in [0.3, 0.4) is 0 Å². The molecule has 2 atom stereocenters. The van der Waals surface area contributed by atoms with Crippen LogP contribution in [0, 0.1) is 11.8 Å². The van der Waals surface area contributed by atoms with Gasteiger partial charge in [-0.15, -0.1) is 0 Å². The Morgan fingerprint density at radius 1 is 1.00 bits per heavy atom. The van der Waals surface area contributed by atoms with E-state index < -0.39 is 0 Å². The monoisotopic (exact) mass is 100 g/mol. The molecule has 1 heterocycles. The largest absolute Gasteiger partial charge is 0.236 e. The smallest absolute Gasteiger partial charge is 0.0854 e. The van der Waals surface area contributed by atoms with Crippen LogP contribution in [0.25, 0.3) is 0 Å². The molecule has 1 aliphatic heterocycles. The van der Waals surface area contributed by atoms with Gasteiger partial charge in [-0.05, 0) is 18.3 Å². The molecule has 0 N–H and O–H groups in total. The zero-order valence-corrected chi connectivity index (χ0v) is 4.09. The first-order valence-electron chi connectivity index (χ1n) is 2.71. The van der Waals surface area contributed by atoms with E-state index in [0.717, 1.165) is 25.0 Å². The predicted molar refractivity (Wildman–Crippen MR) is 23.5 cm³/mol. The Labute approximate surface area is 42.3 Å². The Morgan fingerprint density at radius 3 is 2.00 bits per heavy atom. The van der Waals surface area contributed by atoms with E-state index in [-0.39, 0.29) is 0 Å². The number of fused-ring (bicyclic) bond motifs is 1. The molecule has 1 saturated carbocycles. The molecular formula is C5H8O2. The van der Waals surface area contributed by atoms with Gasteiger partial charge >= 0.3 is 0 Å². The number of rotatable bonds is 0. The van der Waals surface area contributed by atoms with Crippen molar-refractivity contribution in [2.75, 3.05) is 13.2 Å². The summed E-state index contributed by atoms with van der Waals surface area (Å²) >= 11 is 0. The van der Waals surface area contributed by atoms with Crippen molar-refractivity contribution in [1.82, 2.24) is 0 Å². The van der Waals surface area contributed by atoms with E-state index in [2.05, 4.69) is 0 Å². The van der Waals surface area contributed by atoms with Crippen LogP contribution < -0.4 is 0 Å². The lowest BCUT2D eigenvalue weighted by molar-refractivity contribution is -0.315. The van der Waals surface area contributed by atoms with Crippen molar-refractivity contribution < 1.29 is 9.78 Å². The lowest BCUT2D eigenvalue weighted by atomic mass is 10.3. The van der Waals surface area contributed by atoms with Crippen molar-refractivity contribution in [1.29, 1.82) is 0 Å². The molecule has 0 aromatic carbocycles. The van der Waals surface area contributed by atoms with Gasteiger partial charge in [0.2, 0.25) is 0 Å². The SMILES string of the molecule is C1OOCC2CC12. The summed E-state index contributed by atoms with van der Waals surface area (Å²) in [7, 11) is 0. The van der Waals surface area contributed by atoms with Crippen LogP contribution in [-0.2, 0) is 9.78 Å². The van der Waals surface area contributed by atoms with Gasteiger partial charge in [0.15, 0.2) is 0 Å². The van der Waals surface area contributed by atoms with Crippen molar-refractivity contribution in [3.63, 3.8) is 0 Å². The zero-order chi connectivity index (χ0) is 4.69. The van der Waals surface area contributed by atoms with Crippen LogP contribution in [0.5, 0.6) is 0 Å². The lowest BCUT2D eigenvalue weighted by Gasteiger charge is -2.07. The third-order valence-corrected chi connectivity index (χ3v) is 1.72. The Hall–Kier alpha value is -0.0800. The van der Waals surface area contributed by atoms with Gasteiger partial charge in [0, 0.05) is 0 Å². The van der Waals surface area contributed by atoms with E-state index in [1.165, 1.54) is 6.42 Å². The molecule has 0 aromatic rings. The standard InChI is InChI=1S/C5H8O2/c1-4-2-6-7-3-5(1)4/h4-5H,1-3H2. The van der Waals surface area contributed by atoms with Gasteiger partial charge in [-0.1, -0.05) is 0 Å². The van der Waals surface area contributed by atoms with Crippen molar-refractivity contribution in [2.24, 2.45) is 11.8 Å². The molecule has 1 saturated heterocycles. The van der Waals surface area contributed by atoms with E-state index in [0.29, 0.717) is 0 Å². The van der Waals surface area contributed by atoms with Crippen LogP contribution in [0.15, 0.2) is 0 Å². The molecule has 7 heavy (non-hydrogen) atoms. The van der Waals surface area contributed by atoms with E-state index in [1.807, 2.05) is 0 Å². The van der Waals surface area contributed by atoms with Crippen LogP contribution in [-0.4, -0.2) is 13.2 Å². The topological polar surface area (TPSA) is 18.5 Å². The van der Waals surface area contributed by atoms with Gasteiger partial charge < -0.3 is 0 Å². The molecule has 0 bridgehead atoms. The first-order chi connectivity index (χ1) is 3.47. The van der Waals surface area contributed by atoms with Gasteiger partial charge in [0.25, 0.3) is 0 Å². The summed E-state index contributed by atoms with van der Waals surface area (Å²) in [6, 6.07) is 0. The summed E-state index contributed by atoms with van der Waals surface area (Å²) in [6.45, 7) is 1.68. The Bertz CT molecular complexity index is 72.1. The fourth-order valence-corrected chi connectivity index (χ4v) is 0.990. The quantitative estimate of drug-likeness (QED) is 0.415. The first-order valence-corrected chi connectivity index (χ1v) is 2.71. The minimum atomic E-state index is 0.838. The highest BCUT2D eigenvalue weighted by Gasteiger charge is 2.40. The van der Waals surface area contributed by atoms with Crippen LogP contribution in [0.1, 0.15) is 6.42 Å². The second-order valence-electron chi connectivity index (χ2n) is 2.32. The normalized spacial score (nSPS) is 48.0. The zero-order valence-electron chi connectivity index (χ0n) is 4.09. The summed E-state index contributed by atoms with van der Waals surface area (Å²) in [5, 5.41) is 0. The molecule has 2 aliphatic rings. The first kappa shape index (κ1) is 3.87. The summed E-state index contributed by atoms with van der Waals surface area (Å²) in [4.78, 5) is 9.45. The third-order valence-electron chi connectivity index (χ3n) is 1.72. The molecule has 0 spiro atoms. The number of hydrogen-bond acceptors (Lipinski definition) is 2. The minimum absolute atomic E-state index is 0.838. The minimum Gasteiger partial charge on any atom is -0.236 e. The summed E-state index contributed by atoms with van der Waals surface area (Å²) in [5.41, 5.74) is 0. The highest BCUT2D eigenvalue weighted by Crippen LogP contribution is 2.41. The molecule has 2 heteroatoms. The van der Waals surface area contributed by atoms with Crippen molar-refractivity contribution >= 4 is 0 Å². The molecule has 2 nitrogen and oxygen atoms in total. The highest BCUT2D eigenvalue weighted by molar-refractivity contribution is 4.86. The van der Waals surface area contributed by atoms with Crippen molar-refractivity contribution in [3.8, 4) is 0 Å². The van der Waals surface area contributed by atoms with E-state index in [9.17, 15) is 0 Å².